The van der Waals surface area contributed by atoms with E-state index in [0.717, 1.165) is 12.8 Å². The van der Waals surface area contributed by atoms with Gasteiger partial charge < -0.3 is 9.84 Å². The van der Waals surface area contributed by atoms with Crippen LogP contribution in [0.25, 0.3) is 0 Å². The van der Waals surface area contributed by atoms with Gasteiger partial charge in [0.2, 0.25) is 0 Å². The van der Waals surface area contributed by atoms with Crippen molar-refractivity contribution in [2.24, 2.45) is 0 Å². The lowest BCUT2D eigenvalue weighted by molar-refractivity contribution is 0.0198. The molecular weight excluding hydrogens is 104 g/mol. The van der Waals surface area contributed by atoms with Gasteiger partial charge >= 0.3 is 0 Å². The minimum atomic E-state index is 0.130. The van der Waals surface area contributed by atoms with E-state index in [1.165, 1.54) is 0 Å². The third kappa shape index (κ3) is 1.20. The predicted octanol–water partition coefficient (Wildman–Crippen LogP) is 0.546. The lowest BCUT2D eigenvalue weighted by Crippen LogP contribution is -2.11. The molecule has 1 unspecified atom stereocenters. The Balaban J connectivity index is 2.22. The summed E-state index contributed by atoms with van der Waals surface area (Å²) in [5, 5.41) is 8.56. The van der Waals surface area contributed by atoms with Gasteiger partial charge in [-0.3, -0.25) is 0 Å². The summed E-state index contributed by atoms with van der Waals surface area (Å²) in [5.74, 6) is 0. The first-order valence-corrected chi connectivity index (χ1v) is 3.09. The molecule has 1 saturated heterocycles. The van der Waals surface area contributed by atoms with Crippen LogP contribution >= 0.6 is 0 Å². The van der Waals surface area contributed by atoms with E-state index < -0.39 is 0 Å². The summed E-state index contributed by atoms with van der Waals surface area (Å²) in [6, 6.07) is 0. The molecule has 0 aliphatic carbocycles. The molecule has 48 valence electrons. The highest BCUT2D eigenvalue weighted by molar-refractivity contribution is 4.68. The molecule has 0 amide bonds. The molecule has 0 aromatic carbocycles. The quantitative estimate of drug-likeness (QED) is 0.542. The van der Waals surface area contributed by atoms with Crippen molar-refractivity contribution in [2.45, 2.75) is 32.0 Å². The second-order valence-electron chi connectivity index (χ2n) is 2.33. The van der Waals surface area contributed by atoms with Gasteiger partial charge in [-0.05, 0) is 19.8 Å². The molecule has 1 aliphatic heterocycles. The Kier molecular flexibility index (Phi) is 1.86. The fraction of sp³-hybridized carbons (Fsp3) is 1.00. The van der Waals surface area contributed by atoms with E-state index >= 15 is 0 Å². The molecule has 0 saturated carbocycles. The largest absolute Gasteiger partial charge is 0.394 e. The van der Waals surface area contributed by atoms with Gasteiger partial charge in [0, 0.05) is 0 Å². The van der Waals surface area contributed by atoms with E-state index in [-0.39, 0.29) is 12.7 Å². The monoisotopic (exact) mass is 116 g/mol. The molecule has 0 spiro atoms. The third-order valence-corrected chi connectivity index (χ3v) is 1.52. The van der Waals surface area contributed by atoms with Gasteiger partial charge in [0.05, 0.1) is 18.8 Å². The van der Waals surface area contributed by atoms with Crippen molar-refractivity contribution in [3.63, 3.8) is 0 Å². The van der Waals surface area contributed by atoms with Gasteiger partial charge in [0.1, 0.15) is 0 Å². The van der Waals surface area contributed by atoms with Crippen molar-refractivity contribution in [1.82, 2.24) is 0 Å². The van der Waals surface area contributed by atoms with Gasteiger partial charge in [-0.15, -0.1) is 0 Å². The Labute approximate surface area is 49.5 Å². The summed E-state index contributed by atoms with van der Waals surface area (Å²) in [7, 11) is 0. The minimum Gasteiger partial charge on any atom is -0.394 e. The van der Waals surface area contributed by atoms with Crippen LogP contribution in [0.2, 0.25) is 0 Å². The number of hydrogen-bond acceptors (Lipinski definition) is 2. The molecule has 1 aliphatic rings. The molecular formula is C6H12O2. The number of rotatable bonds is 1. The Morgan fingerprint density at radius 1 is 1.62 bits per heavy atom. The van der Waals surface area contributed by atoms with Crippen LogP contribution in [-0.2, 0) is 4.74 Å². The van der Waals surface area contributed by atoms with E-state index in [0.29, 0.717) is 6.10 Å². The van der Waals surface area contributed by atoms with E-state index in [2.05, 4.69) is 0 Å². The van der Waals surface area contributed by atoms with Gasteiger partial charge in [-0.25, -0.2) is 0 Å². The maximum absolute atomic E-state index is 8.56. The molecule has 1 rings (SSSR count). The molecule has 1 fully saturated rings. The van der Waals surface area contributed by atoms with E-state index in [1.54, 1.807) is 0 Å². The van der Waals surface area contributed by atoms with Crippen LogP contribution in [0.15, 0.2) is 0 Å². The van der Waals surface area contributed by atoms with Crippen molar-refractivity contribution in [3.05, 3.63) is 0 Å². The van der Waals surface area contributed by atoms with Crippen molar-refractivity contribution >= 4 is 0 Å². The lowest BCUT2D eigenvalue weighted by Gasteiger charge is -2.05. The Bertz CT molecular complexity index is 72.9. The normalized spacial score (nSPS) is 38.2. The van der Waals surface area contributed by atoms with Crippen molar-refractivity contribution in [1.29, 1.82) is 0 Å². The standard InChI is InChI=1S/C6H12O2/c1-5-2-3-6(4-7)8-5/h5-7H,2-4H2,1H3/t5-,6?/m1/s1. The van der Waals surface area contributed by atoms with E-state index in [1.807, 2.05) is 6.92 Å². The predicted molar refractivity (Wildman–Crippen MR) is 30.7 cm³/mol. The Hall–Kier alpha value is -0.0800. The average molecular weight is 116 g/mol. The lowest BCUT2D eigenvalue weighted by atomic mass is 10.2. The third-order valence-electron chi connectivity index (χ3n) is 1.52. The molecule has 0 radical (unpaired) electrons. The molecule has 0 aromatic heterocycles. The van der Waals surface area contributed by atoms with Crippen molar-refractivity contribution in [2.75, 3.05) is 6.61 Å². The fourth-order valence-corrected chi connectivity index (χ4v) is 1.02. The van der Waals surface area contributed by atoms with Crippen LogP contribution in [0.5, 0.6) is 0 Å². The summed E-state index contributed by atoms with van der Waals surface area (Å²) in [6.45, 7) is 2.22. The number of aliphatic hydroxyl groups is 1. The first kappa shape index (κ1) is 6.05. The zero-order valence-corrected chi connectivity index (χ0v) is 5.13. The maximum Gasteiger partial charge on any atom is 0.0810 e. The first-order valence-electron chi connectivity index (χ1n) is 3.09. The molecule has 2 heteroatoms. The van der Waals surface area contributed by atoms with Crippen LogP contribution in [0.3, 0.4) is 0 Å². The van der Waals surface area contributed by atoms with Gasteiger partial charge in [0.25, 0.3) is 0 Å². The molecule has 2 nitrogen and oxygen atoms in total. The zero-order valence-electron chi connectivity index (χ0n) is 5.13. The highest BCUT2D eigenvalue weighted by Crippen LogP contribution is 2.17. The summed E-state index contributed by atoms with van der Waals surface area (Å²) in [6.07, 6.45) is 2.63. The van der Waals surface area contributed by atoms with Crippen molar-refractivity contribution < 1.29 is 9.84 Å². The van der Waals surface area contributed by atoms with Gasteiger partial charge in [-0.2, -0.15) is 0 Å². The molecule has 0 aromatic rings. The van der Waals surface area contributed by atoms with Crippen LogP contribution in [-0.4, -0.2) is 23.9 Å². The average Bonchev–Trinajstić information content (AvgIpc) is 2.14. The van der Waals surface area contributed by atoms with Crippen LogP contribution in [0.1, 0.15) is 19.8 Å². The smallest absolute Gasteiger partial charge is 0.0810 e. The van der Waals surface area contributed by atoms with Gasteiger partial charge in [0.15, 0.2) is 0 Å². The number of aliphatic hydroxyl groups excluding tert-OH is 1. The van der Waals surface area contributed by atoms with E-state index in [4.69, 9.17) is 9.84 Å². The summed E-state index contributed by atoms with van der Waals surface area (Å²) >= 11 is 0. The zero-order chi connectivity index (χ0) is 5.98. The van der Waals surface area contributed by atoms with Crippen molar-refractivity contribution in [3.8, 4) is 0 Å². The molecule has 1 N–H and O–H groups in total. The first-order chi connectivity index (χ1) is 3.83. The van der Waals surface area contributed by atoms with Crippen LogP contribution in [0, 0.1) is 0 Å². The Morgan fingerprint density at radius 2 is 2.38 bits per heavy atom. The topological polar surface area (TPSA) is 29.5 Å². The van der Waals surface area contributed by atoms with E-state index in [9.17, 15) is 0 Å². The number of ether oxygens (including phenoxy) is 1. The SMILES string of the molecule is C[C@@H]1CCC(CO)O1. The molecule has 8 heavy (non-hydrogen) atoms. The second-order valence-corrected chi connectivity index (χ2v) is 2.33. The highest BCUT2D eigenvalue weighted by Gasteiger charge is 2.19. The highest BCUT2D eigenvalue weighted by atomic mass is 16.5. The minimum absolute atomic E-state index is 0.130. The molecule has 1 heterocycles. The van der Waals surface area contributed by atoms with Gasteiger partial charge in [-0.1, -0.05) is 0 Å². The van der Waals surface area contributed by atoms with Crippen LogP contribution < -0.4 is 0 Å². The molecule has 0 bridgehead atoms. The van der Waals surface area contributed by atoms with Crippen LogP contribution in [0.4, 0.5) is 0 Å². The maximum atomic E-state index is 8.56. The summed E-state index contributed by atoms with van der Waals surface area (Å²) < 4.78 is 5.26. The summed E-state index contributed by atoms with van der Waals surface area (Å²) in [5.41, 5.74) is 0. The Morgan fingerprint density at radius 3 is 2.62 bits per heavy atom. The molecule has 2 atom stereocenters. The second kappa shape index (κ2) is 2.46. The summed E-state index contributed by atoms with van der Waals surface area (Å²) in [4.78, 5) is 0. The fourth-order valence-electron chi connectivity index (χ4n) is 1.02. The number of hydrogen-bond donors (Lipinski definition) is 1.